The van der Waals surface area contributed by atoms with Crippen molar-refractivity contribution < 1.29 is 19.8 Å². The molecule has 0 fully saturated rings. The molecule has 8 heteroatoms. The molecule has 1 aromatic heterocycles. The Labute approximate surface area is 162 Å². The Bertz CT molecular complexity index is 1110. The predicted octanol–water partition coefficient (Wildman–Crippen LogP) is 2.33. The number of carbonyl (C=O) groups excluding carboxylic acids is 1. The molecule has 0 radical (unpaired) electrons. The minimum atomic E-state index is -1.25. The number of hydrogen-bond acceptors (Lipinski definition) is 4. The van der Waals surface area contributed by atoms with E-state index >= 15 is 0 Å². The number of amides is 1. The van der Waals surface area contributed by atoms with Gasteiger partial charge in [0.15, 0.2) is 0 Å². The number of pyridine rings is 1. The summed E-state index contributed by atoms with van der Waals surface area (Å²) in [5.74, 6) is -2.66. The average molecular weight is 431 g/mol. The Morgan fingerprint density at radius 2 is 1.85 bits per heavy atom. The van der Waals surface area contributed by atoms with E-state index in [1.807, 2.05) is 24.3 Å². The molecular formula is C19H15BrN2O5. The van der Waals surface area contributed by atoms with Gasteiger partial charge in [-0.1, -0.05) is 40.2 Å². The summed E-state index contributed by atoms with van der Waals surface area (Å²) in [7, 11) is 0. The first kappa shape index (κ1) is 18.7. The number of benzene rings is 2. The molecule has 0 saturated carbocycles. The number of halogens is 1. The van der Waals surface area contributed by atoms with Crippen LogP contribution in [0.5, 0.6) is 5.75 Å². The van der Waals surface area contributed by atoms with Crippen LogP contribution < -0.4 is 10.9 Å². The van der Waals surface area contributed by atoms with Gasteiger partial charge in [-0.2, -0.15) is 0 Å². The summed E-state index contributed by atoms with van der Waals surface area (Å²) in [6.45, 7) is -0.478. The molecule has 3 N–H and O–H groups in total. The number of carbonyl (C=O) groups is 2. The third-order valence-electron chi connectivity index (χ3n) is 4.00. The smallest absolute Gasteiger partial charge is 0.322 e. The first-order chi connectivity index (χ1) is 12.9. The van der Waals surface area contributed by atoms with Crippen molar-refractivity contribution in [3.63, 3.8) is 0 Å². The Morgan fingerprint density at radius 1 is 1.11 bits per heavy atom. The minimum absolute atomic E-state index is 0.179. The summed E-state index contributed by atoms with van der Waals surface area (Å²) in [6.07, 6.45) is 0. The molecule has 0 aliphatic rings. The van der Waals surface area contributed by atoms with Crippen LogP contribution >= 0.6 is 15.9 Å². The fourth-order valence-electron chi connectivity index (χ4n) is 2.81. The number of carboxylic acid groups (broad SMARTS) is 1. The third kappa shape index (κ3) is 3.85. The van der Waals surface area contributed by atoms with Crippen LogP contribution in [0.4, 0.5) is 0 Å². The zero-order valence-electron chi connectivity index (χ0n) is 14.0. The van der Waals surface area contributed by atoms with E-state index < -0.39 is 35.3 Å². The van der Waals surface area contributed by atoms with E-state index in [0.29, 0.717) is 10.9 Å². The zero-order valence-corrected chi connectivity index (χ0v) is 15.6. The van der Waals surface area contributed by atoms with Crippen molar-refractivity contribution in [2.75, 3.05) is 6.54 Å². The number of nitrogens with one attached hydrogen (secondary N) is 1. The SMILES string of the molecule is O=C(O)CNC(=O)c1c(O)c2ccccc2n(Cc2cccc(Br)c2)c1=O. The van der Waals surface area contributed by atoms with Crippen LogP contribution in [0, 0.1) is 0 Å². The standard InChI is InChI=1S/C19H15BrN2O5/c20-12-5-3-4-11(8-12)10-22-14-7-2-1-6-13(14)17(25)16(19(22)27)18(26)21-9-15(23)24/h1-8,25H,9-10H2,(H,21,26)(H,23,24). The molecular weight excluding hydrogens is 416 g/mol. The summed E-state index contributed by atoms with van der Waals surface area (Å²) in [4.78, 5) is 36.0. The van der Waals surface area contributed by atoms with Gasteiger partial charge in [-0.15, -0.1) is 0 Å². The number of aromatic nitrogens is 1. The van der Waals surface area contributed by atoms with Gasteiger partial charge in [-0.25, -0.2) is 0 Å². The average Bonchev–Trinajstić information content (AvgIpc) is 2.63. The number of fused-ring (bicyclic) bond motifs is 1. The van der Waals surface area contributed by atoms with Crippen molar-refractivity contribution in [1.82, 2.24) is 9.88 Å². The van der Waals surface area contributed by atoms with Gasteiger partial charge in [0.05, 0.1) is 12.1 Å². The number of aliphatic carboxylic acids is 1. The summed E-state index contributed by atoms with van der Waals surface area (Å²) in [6, 6.07) is 14.0. The quantitative estimate of drug-likeness (QED) is 0.575. The number of carboxylic acids is 1. The Kier molecular flexibility index (Phi) is 5.27. The fourth-order valence-corrected chi connectivity index (χ4v) is 3.26. The van der Waals surface area contributed by atoms with Crippen molar-refractivity contribution in [1.29, 1.82) is 0 Å². The van der Waals surface area contributed by atoms with E-state index in [1.54, 1.807) is 24.3 Å². The molecule has 138 valence electrons. The van der Waals surface area contributed by atoms with Gasteiger partial charge in [0.1, 0.15) is 17.9 Å². The highest BCUT2D eigenvalue weighted by atomic mass is 79.9. The molecule has 1 heterocycles. The first-order valence-corrected chi connectivity index (χ1v) is 8.76. The summed E-state index contributed by atoms with van der Waals surface area (Å²) < 4.78 is 2.22. The minimum Gasteiger partial charge on any atom is -0.506 e. The van der Waals surface area contributed by atoms with E-state index in [-0.39, 0.29) is 6.54 Å². The highest BCUT2D eigenvalue weighted by Gasteiger charge is 2.22. The second kappa shape index (κ2) is 7.63. The van der Waals surface area contributed by atoms with Crippen LogP contribution in [0.3, 0.4) is 0 Å². The van der Waals surface area contributed by atoms with Crippen LogP contribution in [0.15, 0.2) is 57.8 Å². The molecule has 0 bridgehead atoms. The summed E-state index contributed by atoms with van der Waals surface area (Å²) in [5, 5.41) is 21.7. The van der Waals surface area contributed by atoms with Crippen LogP contribution in [-0.2, 0) is 11.3 Å². The van der Waals surface area contributed by atoms with Crippen LogP contribution in [0.25, 0.3) is 10.9 Å². The van der Waals surface area contributed by atoms with Gasteiger partial charge in [-0.3, -0.25) is 14.4 Å². The maximum atomic E-state index is 13.0. The molecule has 0 saturated heterocycles. The lowest BCUT2D eigenvalue weighted by molar-refractivity contribution is -0.135. The molecule has 0 spiro atoms. The number of nitrogens with zero attached hydrogens (tertiary/aromatic N) is 1. The number of aromatic hydroxyl groups is 1. The van der Waals surface area contributed by atoms with Crippen LogP contribution in [0.2, 0.25) is 0 Å². The molecule has 3 aromatic rings. The van der Waals surface area contributed by atoms with Crippen LogP contribution in [-0.4, -0.2) is 33.2 Å². The molecule has 0 aliphatic carbocycles. The van der Waals surface area contributed by atoms with Gasteiger partial charge >= 0.3 is 5.97 Å². The Morgan fingerprint density at radius 3 is 2.56 bits per heavy atom. The van der Waals surface area contributed by atoms with Crippen molar-refractivity contribution >= 4 is 38.7 Å². The maximum absolute atomic E-state index is 13.0. The Balaban J connectivity index is 2.18. The third-order valence-corrected chi connectivity index (χ3v) is 4.50. The predicted molar refractivity (Wildman–Crippen MR) is 103 cm³/mol. The van der Waals surface area contributed by atoms with Gasteiger partial charge < -0.3 is 20.1 Å². The molecule has 7 nitrogen and oxygen atoms in total. The van der Waals surface area contributed by atoms with E-state index in [0.717, 1.165) is 10.0 Å². The second-order valence-corrected chi connectivity index (χ2v) is 6.75. The van der Waals surface area contributed by atoms with Gasteiger partial charge in [0.2, 0.25) is 0 Å². The van der Waals surface area contributed by atoms with Crippen molar-refractivity contribution in [3.8, 4) is 5.75 Å². The largest absolute Gasteiger partial charge is 0.506 e. The van der Waals surface area contributed by atoms with Crippen molar-refractivity contribution in [2.45, 2.75) is 6.54 Å². The highest BCUT2D eigenvalue weighted by Crippen LogP contribution is 2.27. The van der Waals surface area contributed by atoms with E-state index in [4.69, 9.17) is 5.11 Å². The zero-order chi connectivity index (χ0) is 19.6. The molecule has 0 unspecified atom stereocenters. The second-order valence-electron chi connectivity index (χ2n) is 5.84. The lowest BCUT2D eigenvalue weighted by atomic mass is 10.1. The lowest BCUT2D eigenvalue weighted by Crippen LogP contribution is -2.36. The van der Waals surface area contributed by atoms with E-state index in [2.05, 4.69) is 21.2 Å². The van der Waals surface area contributed by atoms with E-state index in [1.165, 1.54) is 4.57 Å². The Hall–Kier alpha value is -3.13. The molecule has 2 aromatic carbocycles. The first-order valence-electron chi connectivity index (χ1n) is 7.97. The molecule has 1 amide bonds. The molecule has 0 atom stereocenters. The topological polar surface area (TPSA) is 109 Å². The van der Waals surface area contributed by atoms with Gasteiger partial charge in [0.25, 0.3) is 11.5 Å². The molecule has 3 rings (SSSR count). The number of hydrogen-bond donors (Lipinski definition) is 3. The molecule has 27 heavy (non-hydrogen) atoms. The number of para-hydroxylation sites is 1. The van der Waals surface area contributed by atoms with Crippen molar-refractivity contribution in [3.05, 3.63) is 74.5 Å². The summed E-state index contributed by atoms with van der Waals surface area (Å²) in [5.41, 5.74) is 0.105. The maximum Gasteiger partial charge on any atom is 0.322 e. The molecule has 0 aliphatic heterocycles. The normalized spacial score (nSPS) is 10.7. The van der Waals surface area contributed by atoms with Gasteiger partial charge in [-0.05, 0) is 29.8 Å². The van der Waals surface area contributed by atoms with Crippen LogP contribution in [0.1, 0.15) is 15.9 Å². The fraction of sp³-hybridized carbons (Fsp3) is 0.105. The lowest BCUT2D eigenvalue weighted by Gasteiger charge is -2.15. The van der Waals surface area contributed by atoms with Crippen molar-refractivity contribution in [2.24, 2.45) is 0 Å². The summed E-state index contributed by atoms with van der Waals surface area (Å²) >= 11 is 3.38. The van der Waals surface area contributed by atoms with E-state index in [9.17, 15) is 19.5 Å². The highest BCUT2D eigenvalue weighted by molar-refractivity contribution is 9.10. The number of rotatable bonds is 5. The monoisotopic (exact) mass is 430 g/mol. The van der Waals surface area contributed by atoms with Gasteiger partial charge in [0, 0.05) is 9.86 Å².